The number of benzene rings is 5. The van der Waals surface area contributed by atoms with Crippen molar-refractivity contribution in [2.24, 2.45) is 5.10 Å². The number of hydrogen-bond donors (Lipinski definition) is 0. The molecule has 34 heavy (non-hydrogen) atoms. The molecule has 3 heteroatoms. The zero-order chi connectivity index (χ0) is 22.7. The van der Waals surface area contributed by atoms with Crippen LogP contribution in [0.2, 0.25) is 0 Å². The van der Waals surface area contributed by atoms with Crippen molar-refractivity contribution in [1.82, 2.24) is 4.68 Å². The van der Waals surface area contributed by atoms with Gasteiger partial charge in [-0.2, -0.15) is 5.10 Å². The Morgan fingerprint density at radius 2 is 0.912 bits per heavy atom. The zero-order valence-corrected chi connectivity index (χ0v) is 18.6. The fourth-order valence-corrected chi connectivity index (χ4v) is 4.46. The Balaban J connectivity index is 1.37. The van der Waals surface area contributed by atoms with Gasteiger partial charge in [0.25, 0.3) is 0 Å². The van der Waals surface area contributed by atoms with Crippen molar-refractivity contribution in [2.45, 2.75) is 0 Å². The second kappa shape index (κ2) is 8.72. The topological polar surface area (TPSA) is 20.5 Å². The first-order chi connectivity index (χ1) is 16.9. The minimum absolute atomic E-state index is 1.05. The Hall–Kier alpha value is -4.63. The summed E-state index contributed by atoms with van der Waals surface area (Å²) in [4.78, 5) is 2.26. The molecule has 0 saturated heterocycles. The third-order valence-electron chi connectivity index (χ3n) is 6.06. The SMILES string of the molecule is C(=Nn1c2ccccc2c2ccccc21)c1ccc(N(c2ccccc2)c2ccccc2)cc1. The summed E-state index contributed by atoms with van der Waals surface area (Å²) < 4.78 is 2.03. The van der Waals surface area contributed by atoms with Crippen LogP contribution in [0.1, 0.15) is 5.56 Å². The molecule has 1 heterocycles. The Labute approximate surface area is 198 Å². The molecule has 5 aromatic carbocycles. The molecule has 0 aliphatic heterocycles. The molecule has 0 aliphatic rings. The highest BCUT2D eigenvalue weighted by Crippen LogP contribution is 2.34. The Kier molecular flexibility index (Phi) is 5.13. The van der Waals surface area contributed by atoms with Crippen LogP contribution >= 0.6 is 0 Å². The quantitative estimate of drug-likeness (QED) is 0.249. The fourth-order valence-electron chi connectivity index (χ4n) is 4.46. The number of nitrogens with zero attached hydrogens (tertiary/aromatic N) is 3. The maximum Gasteiger partial charge on any atom is 0.0732 e. The normalized spacial score (nSPS) is 11.4. The predicted molar refractivity (Wildman–Crippen MR) is 144 cm³/mol. The van der Waals surface area contributed by atoms with Gasteiger partial charge in [-0.3, -0.25) is 0 Å². The first-order valence-corrected chi connectivity index (χ1v) is 11.4. The van der Waals surface area contributed by atoms with E-state index in [-0.39, 0.29) is 0 Å². The minimum atomic E-state index is 1.05. The highest BCUT2D eigenvalue weighted by atomic mass is 15.3. The van der Waals surface area contributed by atoms with Crippen molar-refractivity contribution in [1.29, 1.82) is 0 Å². The van der Waals surface area contributed by atoms with Crippen molar-refractivity contribution >= 4 is 45.1 Å². The van der Waals surface area contributed by atoms with Gasteiger partial charge >= 0.3 is 0 Å². The van der Waals surface area contributed by atoms with Crippen LogP contribution < -0.4 is 4.90 Å². The summed E-state index contributed by atoms with van der Waals surface area (Å²) in [6.45, 7) is 0. The van der Waals surface area contributed by atoms with E-state index in [1.807, 2.05) is 23.0 Å². The van der Waals surface area contributed by atoms with Gasteiger partial charge in [0, 0.05) is 27.8 Å². The molecule has 0 unspecified atom stereocenters. The summed E-state index contributed by atoms with van der Waals surface area (Å²) in [7, 11) is 0. The number of anilines is 3. The molecule has 0 bridgehead atoms. The molecule has 0 amide bonds. The molecule has 0 spiro atoms. The van der Waals surface area contributed by atoms with E-state index in [4.69, 9.17) is 5.10 Å². The molecule has 3 nitrogen and oxygen atoms in total. The highest BCUT2D eigenvalue weighted by Gasteiger charge is 2.12. The summed E-state index contributed by atoms with van der Waals surface area (Å²) in [6.07, 6.45) is 1.93. The van der Waals surface area contributed by atoms with Gasteiger partial charge in [-0.15, -0.1) is 0 Å². The highest BCUT2D eigenvalue weighted by molar-refractivity contribution is 6.08. The Morgan fingerprint density at radius 1 is 0.471 bits per heavy atom. The Morgan fingerprint density at radius 3 is 1.44 bits per heavy atom. The van der Waals surface area contributed by atoms with Crippen LogP contribution in [0.15, 0.2) is 139 Å². The summed E-state index contributed by atoms with van der Waals surface area (Å²) >= 11 is 0. The second-order valence-corrected chi connectivity index (χ2v) is 8.19. The van der Waals surface area contributed by atoms with Crippen LogP contribution in [-0.2, 0) is 0 Å². The number of aromatic nitrogens is 1. The standard InChI is InChI=1S/C31H23N3/c1-3-11-25(12-4-1)33(26-13-5-2-6-14-26)27-21-19-24(20-22-27)23-32-34-30-17-9-7-15-28(30)29-16-8-10-18-31(29)34/h1-23H. The van der Waals surface area contributed by atoms with Crippen LogP contribution in [0.25, 0.3) is 21.8 Å². The number of hydrogen-bond acceptors (Lipinski definition) is 2. The first-order valence-electron chi connectivity index (χ1n) is 11.4. The van der Waals surface area contributed by atoms with Crippen LogP contribution in [0, 0.1) is 0 Å². The largest absolute Gasteiger partial charge is 0.311 e. The smallest absolute Gasteiger partial charge is 0.0732 e. The van der Waals surface area contributed by atoms with Gasteiger partial charge in [-0.1, -0.05) is 84.9 Å². The number of fused-ring (bicyclic) bond motifs is 3. The monoisotopic (exact) mass is 437 g/mol. The molecular formula is C31H23N3. The summed E-state index contributed by atoms with van der Waals surface area (Å²) in [5.41, 5.74) is 6.62. The minimum Gasteiger partial charge on any atom is -0.311 e. The molecule has 0 aliphatic carbocycles. The molecule has 0 fully saturated rings. The van der Waals surface area contributed by atoms with E-state index in [0.717, 1.165) is 33.7 Å². The van der Waals surface area contributed by atoms with E-state index in [2.05, 4.69) is 126 Å². The van der Waals surface area contributed by atoms with E-state index in [0.29, 0.717) is 0 Å². The van der Waals surface area contributed by atoms with Gasteiger partial charge in [0.1, 0.15) is 0 Å². The average Bonchev–Trinajstić information content (AvgIpc) is 3.23. The van der Waals surface area contributed by atoms with Gasteiger partial charge in [0.15, 0.2) is 0 Å². The lowest BCUT2D eigenvalue weighted by Crippen LogP contribution is -2.09. The fraction of sp³-hybridized carbons (Fsp3) is 0. The molecular weight excluding hydrogens is 414 g/mol. The number of para-hydroxylation sites is 4. The first kappa shape index (κ1) is 20.0. The van der Waals surface area contributed by atoms with Crippen LogP contribution in [-0.4, -0.2) is 10.9 Å². The third kappa shape index (κ3) is 3.63. The summed E-state index contributed by atoms with van der Waals surface area (Å²) in [5.74, 6) is 0. The lowest BCUT2D eigenvalue weighted by Gasteiger charge is -2.25. The van der Waals surface area contributed by atoms with E-state index in [9.17, 15) is 0 Å². The van der Waals surface area contributed by atoms with Crippen molar-refractivity contribution < 1.29 is 0 Å². The molecule has 0 radical (unpaired) electrons. The van der Waals surface area contributed by atoms with Gasteiger partial charge < -0.3 is 4.90 Å². The third-order valence-corrected chi connectivity index (χ3v) is 6.06. The predicted octanol–water partition coefficient (Wildman–Crippen LogP) is 8.15. The van der Waals surface area contributed by atoms with Crippen molar-refractivity contribution in [3.05, 3.63) is 139 Å². The van der Waals surface area contributed by atoms with E-state index in [1.165, 1.54) is 10.8 Å². The molecule has 6 aromatic rings. The van der Waals surface area contributed by atoms with Gasteiger partial charge in [-0.05, 0) is 54.1 Å². The van der Waals surface area contributed by atoms with Gasteiger partial charge in [0.2, 0.25) is 0 Å². The molecule has 162 valence electrons. The molecule has 0 N–H and O–H groups in total. The van der Waals surface area contributed by atoms with Crippen molar-refractivity contribution in [2.75, 3.05) is 4.90 Å². The summed E-state index contributed by atoms with van der Waals surface area (Å²) in [5, 5.41) is 7.29. The van der Waals surface area contributed by atoms with E-state index >= 15 is 0 Å². The molecule has 6 rings (SSSR count). The second-order valence-electron chi connectivity index (χ2n) is 8.19. The molecule has 0 atom stereocenters. The van der Waals surface area contributed by atoms with E-state index in [1.54, 1.807) is 0 Å². The maximum atomic E-state index is 4.86. The van der Waals surface area contributed by atoms with Crippen molar-refractivity contribution in [3.63, 3.8) is 0 Å². The number of rotatable bonds is 5. The van der Waals surface area contributed by atoms with E-state index < -0.39 is 0 Å². The van der Waals surface area contributed by atoms with Gasteiger partial charge in [0.05, 0.1) is 17.2 Å². The lowest BCUT2D eigenvalue weighted by atomic mass is 10.1. The molecule has 0 saturated carbocycles. The maximum absolute atomic E-state index is 4.86. The van der Waals surface area contributed by atoms with Gasteiger partial charge in [-0.25, -0.2) is 4.68 Å². The van der Waals surface area contributed by atoms with Crippen LogP contribution in [0.4, 0.5) is 17.1 Å². The van der Waals surface area contributed by atoms with Crippen LogP contribution in [0.3, 0.4) is 0 Å². The average molecular weight is 438 g/mol. The zero-order valence-electron chi connectivity index (χ0n) is 18.6. The Bertz CT molecular complexity index is 1490. The van der Waals surface area contributed by atoms with Crippen molar-refractivity contribution in [3.8, 4) is 0 Å². The van der Waals surface area contributed by atoms with Crippen LogP contribution in [0.5, 0.6) is 0 Å². The molecule has 1 aromatic heterocycles. The summed E-state index contributed by atoms with van der Waals surface area (Å²) in [6, 6.07) is 46.2. The lowest BCUT2D eigenvalue weighted by molar-refractivity contribution is 0.975.